The summed E-state index contributed by atoms with van der Waals surface area (Å²) >= 11 is 0. The SMILES string of the molecule is CN(C)CCCN(CCCc1cccc2c1Oc1c(CCCN(CCCN(C)C)S(=O)(=O)c3ccc4ccccc4c3)cccc1C2(C)C)S(=O)(=O)c1ccc2ccccc2c1. The van der Waals surface area contributed by atoms with Crippen molar-refractivity contribution in [3.05, 3.63) is 144 Å². The lowest BCUT2D eigenvalue weighted by Gasteiger charge is -2.36. The molecule has 328 valence electrons. The second kappa shape index (κ2) is 19.4. The van der Waals surface area contributed by atoms with Gasteiger partial charge in [-0.2, -0.15) is 8.61 Å². The van der Waals surface area contributed by atoms with Crippen LogP contribution in [-0.2, 0) is 38.3 Å². The third-order valence-electron chi connectivity index (χ3n) is 12.2. The topological polar surface area (TPSA) is 90.5 Å². The lowest BCUT2D eigenvalue weighted by molar-refractivity contribution is 0.346. The van der Waals surface area contributed by atoms with Gasteiger partial charge in [-0.1, -0.05) is 111 Å². The van der Waals surface area contributed by atoms with Gasteiger partial charge in [-0.3, -0.25) is 0 Å². The fourth-order valence-corrected chi connectivity index (χ4v) is 11.8. The Hall–Kier alpha value is -4.62. The third kappa shape index (κ3) is 10.1. The Kier molecular flexibility index (Phi) is 14.2. The summed E-state index contributed by atoms with van der Waals surface area (Å²) < 4.78 is 67.1. The monoisotopic (exact) mass is 874 g/mol. The smallest absolute Gasteiger partial charge is 0.243 e. The molecular formula is C51H62N4O5S2. The van der Waals surface area contributed by atoms with Crippen LogP contribution in [-0.4, -0.2) is 103 Å². The fraction of sp³-hybridized carbons (Fsp3) is 0.373. The standard InChI is InChI=1S/C51H62N4O5S2/c1-51(2)47-25-11-21-41(23-13-33-54(35-15-31-52(3)4)61(56,57)45-29-27-39-17-7-9-19-43(39)37-45)49(47)60-50-42(22-12-26-48(50)51)24-14-34-55(36-16-32-53(5)6)62(58,59)46-30-28-40-18-8-10-20-44(40)38-46/h7-12,17-22,25-30,37-38H,13-16,23-24,31-36H2,1-6H3. The Labute approximate surface area is 370 Å². The quantitative estimate of drug-likeness (QED) is 0.0755. The van der Waals surface area contributed by atoms with E-state index in [2.05, 4.69) is 60.0 Å². The van der Waals surface area contributed by atoms with Crippen LogP contribution < -0.4 is 4.74 Å². The van der Waals surface area contributed by atoms with Gasteiger partial charge in [0.05, 0.1) is 9.79 Å². The van der Waals surface area contributed by atoms with Crippen molar-refractivity contribution in [2.45, 2.75) is 67.6 Å². The van der Waals surface area contributed by atoms with Gasteiger partial charge < -0.3 is 14.5 Å². The minimum atomic E-state index is -3.74. The van der Waals surface area contributed by atoms with Gasteiger partial charge >= 0.3 is 0 Å². The van der Waals surface area contributed by atoms with Crippen molar-refractivity contribution in [1.82, 2.24) is 18.4 Å². The van der Waals surface area contributed by atoms with E-state index in [0.717, 1.165) is 81.2 Å². The predicted molar refractivity (Wildman–Crippen MR) is 253 cm³/mol. The molecule has 0 unspecified atom stereocenters. The summed E-state index contributed by atoms with van der Waals surface area (Å²) in [7, 11) is 0.534. The highest BCUT2D eigenvalue weighted by molar-refractivity contribution is 7.89. The predicted octanol–water partition coefficient (Wildman–Crippen LogP) is 9.58. The Morgan fingerprint density at radius 2 is 0.839 bits per heavy atom. The van der Waals surface area contributed by atoms with Gasteiger partial charge in [0.1, 0.15) is 11.5 Å². The first-order chi connectivity index (χ1) is 29.7. The van der Waals surface area contributed by atoms with E-state index in [0.29, 0.717) is 61.7 Å². The summed E-state index contributed by atoms with van der Waals surface area (Å²) in [4.78, 5) is 4.79. The van der Waals surface area contributed by atoms with E-state index >= 15 is 0 Å². The normalized spacial score (nSPS) is 13.9. The van der Waals surface area contributed by atoms with Gasteiger partial charge in [0.15, 0.2) is 0 Å². The van der Waals surface area contributed by atoms with E-state index in [1.54, 1.807) is 32.9 Å². The lowest BCUT2D eigenvalue weighted by Crippen LogP contribution is -2.34. The number of hydrogen-bond donors (Lipinski definition) is 0. The molecule has 6 aromatic carbocycles. The molecule has 0 fully saturated rings. The maximum Gasteiger partial charge on any atom is 0.243 e. The molecule has 0 radical (unpaired) electrons. The summed E-state index contributed by atoms with van der Waals surface area (Å²) in [5, 5.41) is 3.82. The first-order valence-electron chi connectivity index (χ1n) is 21.9. The summed E-state index contributed by atoms with van der Waals surface area (Å²) in [6.07, 6.45) is 3.98. The number of fused-ring (bicyclic) bond motifs is 4. The molecule has 0 aliphatic carbocycles. The summed E-state index contributed by atoms with van der Waals surface area (Å²) in [5.74, 6) is 1.66. The van der Waals surface area contributed by atoms with E-state index in [9.17, 15) is 16.8 Å². The van der Waals surface area contributed by atoms with Gasteiger partial charge in [-0.25, -0.2) is 16.8 Å². The molecule has 7 rings (SSSR count). The van der Waals surface area contributed by atoms with Crippen molar-refractivity contribution in [1.29, 1.82) is 0 Å². The summed E-state index contributed by atoms with van der Waals surface area (Å²) in [5.41, 5.74) is 3.92. The number of hydrogen-bond acceptors (Lipinski definition) is 7. The van der Waals surface area contributed by atoms with Crippen molar-refractivity contribution >= 4 is 41.6 Å². The van der Waals surface area contributed by atoms with Gasteiger partial charge in [0.2, 0.25) is 20.0 Å². The zero-order chi connectivity index (χ0) is 44.1. The highest BCUT2D eigenvalue weighted by Gasteiger charge is 2.36. The van der Waals surface area contributed by atoms with Crippen molar-refractivity contribution < 1.29 is 21.6 Å². The molecule has 1 aliphatic heterocycles. The molecule has 9 nitrogen and oxygen atoms in total. The van der Waals surface area contributed by atoms with Crippen molar-refractivity contribution in [2.75, 3.05) is 67.5 Å². The highest BCUT2D eigenvalue weighted by Crippen LogP contribution is 2.50. The Bertz CT molecular complexity index is 2550. The number of aryl methyl sites for hydroxylation is 2. The van der Waals surface area contributed by atoms with E-state index in [4.69, 9.17) is 4.74 Å². The van der Waals surface area contributed by atoms with Crippen LogP contribution in [0.2, 0.25) is 0 Å². The average molecular weight is 875 g/mol. The molecule has 62 heavy (non-hydrogen) atoms. The Balaban J connectivity index is 1.09. The summed E-state index contributed by atoms with van der Waals surface area (Å²) in [6, 6.07) is 39.1. The molecule has 0 amide bonds. The molecule has 1 heterocycles. The Morgan fingerprint density at radius 1 is 0.452 bits per heavy atom. The van der Waals surface area contributed by atoms with Crippen LogP contribution >= 0.6 is 0 Å². The minimum Gasteiger partial charge on any atom is -0.456 e. The maximum atomic E-state index is 14.2. The first kappa shape index (κ1) is 45.4. The van der Waals surface area contributed by atoms with Crippen molar-refractivity contribution in [2.24, 2.45) is 0 Å². The molecule has 6 aromatic rings. The largest absolute Gasteiger partial charge is 0.456 e. The van der Waals surface area contributed by atoms with Crippen LogP contribution in [0.5, 0.6) is 11.5 Å². The van der Waals surface area contributed by atoms with Crippen molar-refractivity contribution in [3.8, 4) is 11.5 Å². The minimum absolute atomic E-state index is 0.315. The summed E-state index contributed by atoms with van der Waals surface area (Å²) in [6.45, 7) is 7.65. The molecule has 0 aromatic heterocycles. The van der Waals surface area contributed by atoms with Crippen LogP contribution in [0, 0.1) is 0 Å². The number of benzene rings is 6. The number of para-hydroxylation sites is 2. The molecule has 0 bridgehead atoms. The van der Waals surface area contributed by atoms with Gasteiger partial charge in [-0.05, 0) is 137 Å². The maximum absolute atomic E-state index is 14.2. The second-order valence-electron chi connectivity index (χ2n) is 17.7. The number of rotatable bonds is 20. The highest BCUT2D eigenvalue weighted by atomic mass is 32.2. The first-order valence-corrected chi connectivity index (χ1v) is 24.7. The molecule has 11 heteroatoms. The average Bonchev–Trinajstić information content (AvgIpc) is 3.25. The molecular weight excluding hydrogens is 813 g/mol. The van der Waals surface area contributed by atoms with Crippen LogP contribution in [0.25, 0.3) is 21.5 Å². The van der Waals surface area contributed by atoms with E-state index in [-0.39, 0.29) is 5.41 Å². The van der Waals surface area contributed by atoms with Gasteiger partial charge in [0, 0.05) is 42.7 Å². The number of sulfonamides is 2. The van der Waals surface area contributed by atoms with Crippen molar-refractivity contribution in [3.63, 3.8) is 0 Å². The van der Waals surface area contributed by atoms with Crippen LogP contribution in [0.3, 0.4) is 0 Å². The number of nitrogens with zero attached hydrogens (tertiary/aromatic N) is 4. The molecule has 0 spiro atoms. The molecule has 1 aliphatic rings. The zero-order valence-electron chi connectivity index (χ0n) is 37.2. The zero-order valence-corrected chi connectivity index (χ0v) is 38.8. The molecule has 0 atom stereocenters. The third-order valence-corrected chi connectivity index (χ3v) is 16.0. The Morgan fingerprint density at radius 3 is 1.24 bits per heavy atom. The van der Waals surface area contributed by atoms with Crippen LogP contribution in [0.1, 0.15) is 61.8 Å². The fourth-order valence-electron chi connectivity index (χ4n) is 8.71. The van der Waals surface area contributed by atoms with Crippen LogP contribution in [0.4, 0.5) is 0 Å². The lowest BCUT2D eigenvalue weighted by atomic mass is 9.74. The molecule has 0 saturated heterocycles. The second-order valence-corrected chi connectivity index (χ2v) is 21.5. The number of ether oxygens (including phenoxy) is 1. The van der Waals surface area contributed by atoms with E-state index in [1.165, 1.54) is 0 Å². The van der Waals surface area contributed by atoms with Crippen LogP contribution in [0.15, 0.2) is 131 Å². The van der Waals surface area contributed by atoms with E-state index in [1.807, 2.05) is 88.9 Å². The van der Waals surface area contributed by atoms with Gasteiger partial charge in [0.25, 0.3) is 0 Å². The van der Waals surface area contributed by atoms with E-state index < -0.39 is 20.0 Å². The van der Waals surface area contributed by atoms with Gasteiger partial charge in [-0.15, -0.1) is 0 Å². The molecule has 0 N–H and O–H groups in total. The molecule has 0 saturated carbocycles.